The fourth-order valence-electron chi connectivity index (χ4n) is 8.18. The predicted octanol–water partition coefficient (Wildman–Crippen LogP) is 13.0. The molecular formula is C43H80O6Si2. The molecule has 6 nitrogen and oxygen atoms in total. The average molecular weight is 749 g/mol. The molecule has 8 heteroatoms. The predicted molar refractivity (Wildman–Crippen MR) is 221 cm³/mol. The molecule has 0 spiro atoms. The van der Waals surface area contributed by atoms with Crippen molar-refractivity contribution >= 4 is 16.6 Å². The molecule has 0 N–H and O–H groups in total. The summed E-state index contributed by atoms with van der Waals surface area (Å²) < 4.78 is 38.8. The lowest BCUT2D eigenvalue weighted by Crippen LogP contribution is -2.48. The highest BCUT2D eigenvalue weighted by Crippen LogP contribution is 2.59. The molecule has 0 aromatic carbocycles. The highest BCUT2D eigenvalue weighted by molar-refractivity contribution is 6.77. The largest absolute Gasteiger partial charge is 0.543 e. The van der Waals surface area contributed by atoms with Crippen LogP contribution >= 0.6 is 0 Å². The minimum atomic E-state index is -2.24. The fourth-order valence-corrected chi connectivity index (χ4v) is 14.8. The highest BCUT2D eigenvalue weighted by Gasteiger charge is 2.55. The van der Waals surface area contributed by atoms with Crippen molar-refractivity contribution in [1.82, 2.24) is 0 Å². The molecular weight excluding hydrogens is 669 g/mol. The van der Waals surface area contributed by atoms with E-state index in [2.05, 4.69) is 115 Å². The fraction of sp³-hybridized carbons (Fsp3) is 0.814. The maximum Gasteiger partial charge on any atom is 0.250 e. The Kier molecular flexibility index (Phi) is 16.6. The van der Waals surface area contributed by atoms with Crippen LogP contribution < -0.4 is 0 Å². The minimum Gasteiger partial charge on any atom is -0.543 e. The highest BCUT2D eigenvalue weighted by atomic mass is 28.4. The molecule has 0 aromatic heterocycles. The van der Waals surface area contributed by atoms with E-state index in [1.807, 2.05) is 13.8 Å². The van der Waals surface area contributed by atoms with E-state index in [-0.39, 0.29) is 22.7 Å². The summed E-state index contributed by atoms with van der Waals surface area (Å²) in [4.78, 5) is 0. The van der Waals surface area contributed by atoms with Gasteiger partial charge in [0.25, 0.3) is 0 Å². The van der Waals surface area contributed by atoms with Crippen LogP contribution in [-0.2, 0) is 27.8 Å². The SMILES string of the molecule is COC(CC/C(C)=C/CC/C(C)=C/C[C@]1(C)C(O[Si](C)(C)C(C)(C)C)=C2OC(C)(C)OCC(C)=C2[C@H]1CCO[Si](C(C)C)(C(C)C)C(C)C)OC. The third kappa shape index (κ3) is 11.2. The van der Waals surface area contributed by atoms with E-state index in [0.29, 0.717) is 23.2 Å². The van der Waals surface area contributed by atoms with Gasteiger partial charge in [-0.3, -0.25) is 0 Å². The van der Waals surface area contributed by atoms with E-state index in [0.717, 1.165) is 56.7 Å². The average Bonchev–Trinajstić information content (AvgIpc) is 3.13. The van der Waals surface area contributed by atoms with Gasteiger partial charge in [0.15, 0.2) is 20.4 Å². The second-order valence-corrected chi connectivity index (χ2v) is 28.9. The van der Waals surface area contributed by atoms with Gasteiger partial charge in [-0.25, -0.2) is 0 Å². The molecule has 0 saturated heterocycles. The summed E-state index contributed by atoms with van der Waals surface area (Å²) in [5, 5.41) is 0.0395. The Labute approximate surface area is 317 Å². The Bertz CT molecular complexity index is 1240. The number of rotatable bonds is 19. The molecule has 51 heavy (non-hydrogen) atoms. The van der Waals surface area contributed by atoms with Crippen molar-refractivity contribution in [3.05, 3.63) is 46.0 Å². The van der Waals surface area contributed by atoms with Gasteiger partial charge in [-0.15, -0.1) is 0 Å². The van der Waals surface area contributed by atoms with Gasteiger partial charge in [-0.1, -0.05) is 92.5 Å². The summed E-state index contributed by atoms with van der Waals surface area (Å²) in [5.41, 5.74) is 6.64. The number of hydrogen-bond donors (Lipinski definition) is 0. The van der Waals surface area contributed by atoms with Crippen LogP contribution in [0, 0.1) is 11.3 Å². The second-order valence-electron chi connectivity index (χ2n) is 18.7. The zero-order chi connectivity index (χ0) is 39.2. The lowest BCUT2D eigenvalue weighted by atomic mass is 9.72. The van der Waals surface area contributed by atoms with Gasteiger partial charge in [0.05, 0.1) is 6.61 Å². The van der Waals surface area contributed by atoms with Crippen LogP contribution in [0.25, 0.3) is 0 Å². The second kappa shape index (κ2) is 18.4. The van der Waals surface area contributed by atoms with Crippen LogP contribution in [0.2, 0.25) is 34.8 Å². The number of methoxy groups -OCH3 is 2. The summed E-state index contributed by atoms with van der Waals surface area (Å²) in [6.07, 6.45) is 10.4. The first-order valence-corrected chi connectivity index (χ1v) is 24.9. The summed E-state index contributed by atoms with van der Waals surface area (Å²) in [5.74, 6) is 1.37. The Morgan fingerprint density at radius 1 is 0.902 bits per heavy atom. The normalized spacial score (nSPS) is 22.5. The van der Waals surface area contributed by atoms with Crippen molar-refractivity contribution in [3.8, 4) is 0 Å². The summed E-state index contributed by atoms with van der Waals surface area (Å²) >= 11 is 0. The van der Waals surface area contributed by atoms with Crippen LogP contribution in [0.1, 0.15) is 142 Å². The molecule has 1 aliphatic carbocycles. The summed E-state index contributed by atoms with van der Waals surface area (Å²) in [6.45, 7) is 40.5. The van der Waals surface area contributed by atoms with Gasteiger partial charge in [0.1, 0.15) is 5.76 Å². The third-order valence-electron chi connectivity index (χ3n) is 12.4. The van der Waals surface area contributed by atoms with Gasteiger partial charge >= 0.3 is 0 Å². The van der Waals surface area contributed by atoms with Gasteiger partial charge in [0, 0.05) is 58.0 Å². The maximum absolute atomic E-state index is 7.46. The lowest BCUT2D eigenvalue weighted by molar-refractivity contribution is -0.179. The molecule has 0 bridgehead atoms. The molecule has 0 radical (unpaired) electrons. The van der Waals surface area contributed by atoms with Crippen LogP contribution in [0.5, 0.6) is 0 Å². The Hall–Kier alpha value is -1.17. The summed E-state index contributed by atoms with van der Waals surface area (Å²) in [6, 6.07) is 0. The van der Waals surface area contributed by atoms with Gasteiger partial charge in [0.2, 0.25) is 14.1 Å². The number of ether oxygens (including phenoxy) is 4. The molecule has 0 fully saturated rings. The molecule has 1 aliphatic heterocycles. The number of allylic oxidation sites excluding steroid dienone is 6. The van der Waals surface area contributed by atoms with Gasteiger partial charge in [-0.2, -0.15) is 0 Å². The van der Waals surface area contributed by atoms with Gasteiger partial charge < -0.3 is 27.8 Å². The van der Waals surface area contributed by atoms with E-state index in [1.165, 1.54) is 22.3 Å². The molecule has 0 amide bonds. The zero-order valence-corrected chi connectivity index (χ0v) is 38.6. The topological polar surface area (TPSA) is 55.4 Å². The maximum atomic E-state index is 7.46. The molecule has 0 aromatic rings. The number of hydrogen-bond acceptors (Lipinski definition) is 6. The van der Waals surface area contributed by atoms with E-state index in [9.17, 15) is 0 Å². The molecule has 0 unspecified atom stereocenters. The Morgan fingerprint density at radius 2 is 1.45 bits per heavy atom. The van der Waals surface area contributed by atoms with Crippen molar-refractivity contribution in [3.63, 3.8) is 0 Å². The van der Waals surface area contributed by atoms with E-state index in [4.69, 9.17) is 27.8 Å². The molecule has 0 saturated carbocycles. The minimum absolute atomic E-state index is 0.0395. The first-order valence-electron chi connectivity index (χ1n) is 19.9. The smallest absolute Gasteiger partial charge is 0.250 e. The Balaban J connectivity index is 2.60. The van der Waals surface area contributed by atoms with Crippen molar-refractivity contribution in [2.45, 2.75) is 189 Å². The van der Waals surface area contributed by atoms with E-state index >= 15 is 0 Å². The molecule has 1 heterocycles. The van der Waals surface area contributed by atoms with Crippen LogP contribution in [0.15, 0.2) is 46.0 Å². The van der Waals surface area contributed by atoms with Crippen molar-refractivity contribution < 1.29 is 27.8 Å². The van der Waals surface area contributed by atoms with Crippen molar-refractivity contribution in [1.29, 1.82) is 0 Å². The van der Waals surface area contributed by atoms with Crippen LogP contribution in [0.3, 0.4) is 0 Å². The van der Waals surface area contributed by atoms with Crippen molar-refractivity contribution in [2.24, 2.45) is 11.3 Å². The monoisotopic (exact) mass is 749 g/mol. The first kappa shape index (κ1) is 46.0. The quantitative estimate of drug-likeness (QED) is 0.0745. The van der Waals surface area contributed by atoms with E-state index < -0.39 is 22.4 Å². The standard InChI is InChI=1S/C43H80O6Si2/c1-30(2)51(31(3)4,32(5)6)47-28-26-36-38-35(9)29-46-42(13,14)48-39(38)40(49-50(18,19)41(10,11)12)43(36,15)27-25-34(8)22-20-21-33(7)23-24-37(44-16)45-17/h21,25,30-32,36-37H,20,22-24,26-29H2,1-19H3/b33-21+,34-25+/t36-,43+/m1/s1. The molecule has 2 aliphatic rings. The molecule has 2 atom stereocenters. The van der Waals surface area contributed by atoms with E-state index in [1.54, 1.807) is 14.2 Å². The zero-order valence-electron chi connectivity index (χ0n) is 36.6. The Morgan fingerprint density at radius 3 is 1.96 bits per heavy atom. The van der Waals surface area contributed by atoms with Gasteiger partial charge in [-0.05, 0) is 93.2 Å². The third-order valence-corrected chi connectivity index (χ3v) is 22.8. The molecule has 296 valence electrons. The van der Waals surface area contributed by atoms with Crippen LogP contribution in [0.4, 0.5) is 0 Å². The summed E-state index contributed by atoms with van der Waals surface area (Å²) in [7, 11) is -0.870. The molecule has 2 rings (SSSR count). The van der Waals surface area contributed by atoms with Crippen LogP contribution in [-0.4, -0.2) is 56.1 Å². The first-order chi connectivity index (χ1) is 23.4. The number of fused-ring (bicyclic) bond motifs is 1. The van der Waals surface area contributed by atoms with Crippen molar-refractivity contribution in [2.75, 3.05) is 27.4 Å². The lowest BCUT2D eigenvalue weighted by Gasteiger charge is -2.44.